The first-order valence-corrected chi connectivity index (χ1v) is 10.0. The maximum atomic E-state index is 13.6. The Balaban J connectivity index is 1.66. The Morgan fingerprint density at radius 2 is 1.73 bits per heavy atom. The Morgan fingerprint density at radius 1 is 1.03 bits per heavy atom. The average Bonchev–Trinajstić information content (AvgIpc) is 3.03. The van der Waals surface area contributed by atoms with E-state index in [1.165, 1.54) is 18.2 Å². The van der Waals surface area contributed by atoms with E-state index in [0.717, 1.165) is 11.1 Å². The van der Waals surface area contributed by atoms with Crippen LogP contribution in [0.5, 0.6) is 0 Å². The van der Waals surface area contributed by atoms with Crippen LogP contribution >= 0.6 is 0 Å². The molecular weight excluding hydrogens is 393 g/mol. The summed E-state index contributed by atoms with van der Waals surface area (Å²) in [6, 6.07) is 6.39. The zero-order chi connectivity index (χ0) is 21.5. The van der Waals surface area contributed by atoms with Crippen LogP contribution in [0.25, 0.3) is 0 Å². The number of alkyl halides is 3. The molecule has 0 spiro atoms. The van der Waals surface area contributed by atoms with E-state index in [-0.39, 0.29) is 17.3 Å². The molecule has 1 saturated carbocycles. The lowest BCUT2D eigenvalue weighted by atomic mass is 9.82. The largest absolute Gasteiger partial charge is 0.478 e. The first kappa shape index (κ1) is 20.4. The summed E-state index contributed by atoms with van der Waals surface area (Å²) in [6.45, 7) is 0. The van der Waals surface area contributed by atoms with Crippen molar-refractivity contribution in [2.75, 3.05) is 0 Å². The van der Waals surface area contributed by atoms with Crippen LogP contribution in [-0.2, 0) is 11.2 Å². The third kappa shape index (κ3) is 3.78. The van der Waals surface area contributed by atoms with E-state index in [0.29, 0.717) is 55.2 Å². The number of Topliss-reactive ketones (excluding diaryl/α,β-unsaturated/α-hetero) is 1. The Morgan fingerprint density at radius 3 is 2.40 bits per heavy atom. The molecule has 3 aliphatic carbocycles. The SMILES string of the molecule is O=C(O)c1ccc(CC2CC3=C(C4=C(C(F)(F)F)C=CCC4)CCC=C3C2=O)cc1. The highest BCUT2D eigenvalue weighted by Gasteiger charge is 2.40. The van der Waals surface area contributed by atoms with Crippen molar-refractivity contribution in [2.24, 2.45) is 5.92 Å². The number of carbonyl (C=O) groups is 2. The van der Waals surface area contributed by atoms with Gasteiger partial charge in [-0.05, 0) is 72.9 Å². The molecule has 0 radical (unpaired) electrons. The smallest absolute Gasteiger partial charge is 0.416 e. The van der Waals surface area contributed by atoms with Crippen LogP contribution in [-0.4, -0.2) is 23.0 Å². The molecular formula is C24H21F3O3. The molecule has 0 heterocycles. The van der Waals surface area contributed by atoms with Crippen LogP contribution in [0.15, 0.2) is 70.4 Å². The van der Waals surface area contributed by atoms with Crippen LogP contribution in [0.1, 0.15) is 48.0 Å². The van der Waals surface area contributed by atoms with Gasteiger partial charge in [0, 0.05) is 11.5 Å². The summed E-state index contributed by atoms with van der Waals surface area (Å²) in [6.07, 6.45) is 3.05. The molecule has 6 heteroatoms. The molecule has 1 aromatic rings. The van der Waals surface area contributed by atoms with Crippen molar-refractivity contribution in [1.29, 1.82) is 0 Å². The summed E-state index contributed by atoms with van der Waals surface area (Å²) in [5.74, 6) is -1.37. The number of carbonyl (C=O) groups excluding carboxylic acids is 1. The summed E-state index contributed by atoms with van der Waals surface area (Å²) in [5, 5.41) is 9.02. The first-order chi connectivity index (χ1) is 14.3. The highest BCUT2D eigenvalue weighted by molar-refractivity contribution is 6.05. The average molecular weight is 414 g/mol. The van der Waals surface area contributed by atoms with Gasteiger partial charge in [-0.1, -0.05) is 30.4 Å². The second-order valence-electron chi connectivity index (χ2n) is 7.92. The maximum Gasteiger partial charge on any atom is 0.416 e. The summed E-state index contributed by atoms with van der Waals surface area (Å²) in [7, 11) is 0. The summed E-state index contributed by atoms with van der Waals surface area (Å²) in [4.78, 5) is 24.0. The summed E-state index contributed by atoms with van der Waals surface area (Å²) in [5.41, 5.74) is 2.81. The monoisotopic (exact) mass is 414 g/mol. The van der Waals surface area contributed by atoms with E-state index >= 15 is 0 Å². The fourth-order valence-electron chi connectivity index (χ4n) is 4.65. The van der Waals surface area contributed by atoms with Crippen molar-refractivity contribution in [1.82, 2.24) is 0 Å². The standard InChI is InChI=1S/C24H21F3O3/c25-24(26,27)21-7-2-1-4-18(21)17-5-3-6-19-20(17)13-16(22(19)28)12-14-8-10-15(11-9-14)23(29)30/h2,6-11,16H,1,3-5,12-13H2,(H,29,30). The van der Waals surface area contributed by atoms with E-state index in [1.54, 1.807) is 18.2 Å². The van der Waals surface area contributed by atoms with Crippen molar-refractivity contribution in [3.63, 3.8) is 0 Å². The van der Waals surface area contributed by atoms with E-state index in [1.807, 2.05) is 6.08 Å². The minimum atomic E-state index is -4.41. The molecule has 1 atom stereocenters. The molecule has 0 bridgehead atoms. The number of benzene rings is 1. The van der Waals surface area contributed by atoms with E-state index in [4.69, 9.17) is 5.11 Å². The van der Waals surface area contributed by atoms with Gasteiger partial charge in [0.05, 0.1) is 11.1 Å². The third-order valence-corrected chi connectivity index (χ3v) is 6.04. The maximum absolute atomic E-state index is 13.6. The van der Waals surface area contributed by atoms with Crippen LogP contribution in [0.2, 0.25) is 0 Å². The Bertz CT molecular complexity index is 1020. The fourth-order valence-corrected chi connectivity index (χ4v) is 4.65. The van der Waals surface area contributed by atoms with Gasteiger partial charge in [-0.3, -0.25) is 4.79 Å². The Labute approximate surface area is 172 Å². The predicted molar refractivity (Wildman–Crippen MR) is 106 cm³/mol. The lowest BCUT2D eigenvalue weighted by molar-refractivity contribution is -0.117. The number of rotatable bonds is 4. The van der Waals surface area contributed by atoms with E-state index in [9.17, 15) is 22.8 Å². The quantitative estimate of drug-likeness (QED) is 0.683. The van der Waals surface area contributed by atoms with Gasteiger partial charge in [0.1, 0.15) is 0 Å². The Kier molecular flexibility index (Phi) is 5.26. The number of carboxylic acid groups (broad SMARTS) is 1. The van der Waals surface area contributed by atoms with Gasteiger partial charge in [0.15, 0.2) is 5.78 Å². The molecule has 0 aliphatic heterocycles. The highest BCUT2D eigenvalue weighted by Crippen LogP contribution is 2.46. The minimum absolute atomic E-state index is 0.0231. The summed E-state index contributed by atoms with van der Waals surface area (Å²) >= 11 is 0. The van der Waals surface area contributed by atoms with Crippen LogP contribution in [0, 0.1) is 5.92 Å². The summed E-state index contributed by atoms with van der Waals surface area (Å²) < 4.78 is 40.7. The zero-order valence-corrected chi connectivity index (χ0v) is 16.3. The lowest BCUT2D eigenvalue weighted by Gasteiger charge is -2.24. The molecule has 1 aromatic carbocycles. The predicted octanol–water partition coefficient (Wildman–Crippen LogP) is 5.74. The second-order valence-corrected chi connectivity index (χ2v) is 7.92. The van der Waals surface area contributed by atoms with Crippen LogP contribution in [0.3, 0.4) is 0 Å². The number of allylic oxidation sites excluding steroid dienone is 8. The molecule has 3 nitrogen and oxygen atoms in total. The topological polar surface area (TPSA) is 54.4 Å². The molecule has 1 unspecified atom stereocenters. The van der Waals surface area contributed by atoms with Gasteiger partial charge in [0.2, 0.25) is 0 Å². The fraction of sp³-hybridized carbons (Fsp3) is 0.333. The third-order valence-electron chi connectivity index (χ3n) is 6.04. The van der Waals surface area contributed by atoms with Gasteiger partial charge < -0.3 is 5.11 Å². The second kappa shape index (κ2) is 7.74. The molecule has 0 aromatic heterocycles. The van der Waals surface area contributed by atoms with Crippen molar-refractivity contribution in [2.45, 2.75) is 44.7 Å². The number of ketones is 1. The first-order valence-electron chi connectivity index (χ1n) is 10.0. The molecule has 1 fully saturated rings. The van der Waals surface area contributed by atoms with E-state index < -0.39 is 17.7 Å². The highest BCUT2D eigenvalue weighted by atomic mass is 19.4. The normalized spacial score (nSPS) is 21.8. The van der Waals surface area contributed by atoms with Gasteiger partial charge in [-0.25, -0.2) is 4.79 Å². The van der Waals surface area contributed by atoms with Gasteiger partial charge >= 0.3 is 12.1 Å². The minimum Gasteiger partial charge on any atom is -0.478 e. The molecule has 3 aliphatic rings. The van der Waals surface area contributed by atoms with E-state index in [2.05, 4.69) is 0 Å². The van der Waals surface area contributed by atoms with Crippen molar-refractivity contribution >= 4 is 11.8 Å². The lowest BCUT2D eigenvalue weighted by Crippen LogP contribution is -2.17. The zero-order valence-electron chi connectivity index (χ0n) is 16.3. The van der Waals surface area contributed by atoms with Crippen LogP contribution in [0.4, 0.5) is 13.2 Å². The number of hydrogen-bond acceptors (Lipinski definition) is 2. The number of hydrogen-bond donors (Lipinski definition) is 1. The van der Waals surface area contributed by atoms with Crippen molar-refractivity contribution < 1.29 is 27.9 Å². The number of carboxylic acids is 1. The Hall–Kier alpha value is -2.89. The molecule has 30 heavy (non-hydrogen) atoms. The molecule has 0 saturated heterocycles. The number of fused-ring (bicyclic) bond motifs is 1. The molecule has 4 rings (SSSR count). The van der Waals surface area contributed by atoms with Gasteiger partial charge in [-0.2, -0.15) is 13.2 Å². The molecule has 1 N–H and O–H groups in total. The number of halogens is 3. The molecule has 156 valence electrons. The molecule has 0 amide bonds. The van der Waals surface area contributed by atoms with Crippen molar-refractivity contribution in [3.8, 4) is 0 Å². The number of aromatic carboxylic acids is 1. The van der Waals surface area contributed by atoms with Crippen molar-refractivity contribution in [3.05, 3.63) is 81.5 Å². The van der Waals surface area contributed by atoms with Crippen LogP contribution < -0.4 is 0 Å². The van der Waals surface area contributed by atoms with Gasteiger partial charge in [0.25, 0.3) is 0 Å². The van der Waals surface area contributed by atoms with Gasteiger partial charge in [-0.15, -0.1) is 0 Å².